The fourth-order valence-corrected chi connectivity index (χ4v) is 6.49. The molecule has 0 unspecified atom stereocenters. The summed E-state index contributed by atoms with van der Waals surface area (Å²) in [4.78, 5) is 21.6. The van der Waals surface area contributed by atoms with Crippen LogP contribution >= 0.6 is 24.0 Å². The quantitative estimate of drug-likeness (QED) is 0.372. The molecule has 0 atom stereocenters. The maximum absolute atomic E-state index is 15.1. The lowest BCUT2D eigenvalue weighted by Crippen LogP contribution is -2.55. The van der Waals surface area contributed by atoms with Gasteiger partial charge in [0.1, 0.15) is 23.8 Å². The van der Waals surface area contributed by atoms with E-state index in [0.717, 1.165) is 41.8 Å². The number of alkyl halides is 3. The summed E-state index contributed by atoms with van der Waals surface area (Å²) in [6, 6.07) is 6.65. The minimum Gasteiger partial charge on any atom is -0.489 e. The summed E-state index contributed by atoms with van der Waals surface area (Å²) in [6.45, 7) is 2.89. The van der Waals surface area contributed by atoms with E-state index in [1.54, 1.807) is 6.07 Å². The van der Waals surface area contributed by atoms with Crippen LogP contribution in [-0.4, -0.2) is 64.2 Å². The number of rotatable bonds is 6. The monoisotopic (exact) mass is 565 g/mol. The number of benzene rings is 1. The van der Waals surface area contributed by atoms with Crippen LogP contribution in [0.2, 0.25) is 0 Å². The van der Waals surface area contributed by atoms with Crippen LogP contribution in [0, 0.1) is 17.1 Å². The van der Waals surface area contributed by atoms with Gasteiger partial charge in [0.15, 0.2) is 22.4 Å². The molecular weight excluding hydrogens is 542 g/mol. The second-order valence-electron chi connectivity index (χ2n) is 9.22. The van der Waals surface area contributed by atoms with E-state index in [-0.39, 0.29) is 16.5 Å². The Morgan fingerprint density at radius 2 is 1.95 bits per heavy atom. The molecule has 1 aliphatic carbocycles. The van der Waals surface area contributed by atoms with Crippen LogP contribution in [-0.2, 0) is 11.0 Å². The van der Waals surface area contributed by atoms with Gasteiger partial charge in [0.05, 0.1) is 5.69 Å². The van der Waals surface area contributed by atoms with Crippen molar-refractivity contribution in [3.8, 4) is 11.8 Å². The maximum Gasteiger partial charge on any atom is 0.421 e. The Bertz CT molecular complexity index is 1310. The van der Waals surface area contributed by atoms with Crippen molar-refractivity contribution in [2.45, 2.75) is 31.0 Å². The molecule has 0 N–H and O–H groups in total. The summed E-state index contributed by atoms with van der Waals surface area (Å²) in [5.74, 6) is 0.848. The van der Waals surface area contributed by atoms with E-state index in [0.29, 0.717) is 32.4 Å². The van der Waals surface area contributed by atoms with Crippen molar-refractivity contribution >= 4 is 46.4 Å². The number of carbonyl (C=O) groups excluding carboxylic acids is 1. The van der Waals surface area contributed by atoms with Crippen molar-refractivity contribution in [2.24, 2.45) is 0 Å². The summed E-state index contributed by atoms with van der Waals surface area (Å²) in [6.07, 6.45) is -2.59. The first-order valence-electron chi connectivity index (χ1n) is 12.0. The Hall–Kier alpha value is -2.95. The lowest BCUT2D eigenvalue weighted by Gasteiger charge is -2.43. The highest BCUT2D eigenvalue weighted by molar-refractivity contribution is 7.99. The summed E-state index contributed by atoms with van der Waals surface area (Å²) in [5.41, 5.74) is -3.74. The molecule has 1 aromatic carbocycles. The molecule has 2 aliphatic heterocycles. The van der Waals surface area contributed by atoms with Crippen LogP contribution in [0.3, 0.4) is 0 Å². The molecular formula is C25H23F4N5O2S2. The van der Waals surface area contributed by atoms with Gasteiger partial charge < -0.3 is 9.64 Å². The molecule has 200 valence electrons. The first-order chi connectivity index (χ1) is 18.2. The first-order valence-corrected chi connectivity index (χ1v) is 13.6. The third-order valence-corrected chi connectivity index (χ3v) is 8.40. The molecule has 3 heterocycles. The Morgan fingerprint density at radius 3 is 2.55 bits per heavy atom. The predicted molar refractivity (Wildman–Crippen MR) is 139 cm³/mol. The van der Waals surface area contributed by atoms with Crippen molar-refractivity contribution in [3.05, 3.63) is 47.5 Å². The number of amides is 1. The third-order valence-electron chi connectivity index (χ3n) is 7.09. The minimum atomic E-state index is -4.96. The number of aromatic nitrogens is 1. The molecule has 1 saturated carbocycles. The SMILES string of the molecule is N#Cc1nccc(N2C(=O)C3(CCC3)N(c3ccc(OCCN4CCSCC4)c(F)c3)C2=S)c1C(F)(F)F. The van der Waals surface area contributed by atoms with E-state index in [1.807, 2.05) is 11.8 Å². The molecule has 5 rings (SSSR count). The molecule has 0 radical (unpaired) electrons. The van der Waals surface area contributed by atoms with E-state index < -0.39 is 40.4 Å². The average molecular weight is 566 g/mol. The molecule has 38 heavy (non-hydrogen) atoms. The molecule has 1 spiro atoms. The van der Waals surface area contributed by atoms with E-state index in [1.165, 1.54) is 23.1 Å². The van der Waals surface area contributed by atoms with Crippen molar-refractivity contribution in [1.29, 1.82) is 5.26 Å². The third kappa shape index (κ3) is 4.58. The van der Waals surface area contributed by atoms with Crippen LogP contribution < -0.4 is 14.5 Å². The van der Waals surface area contributed by atoms with Crippen LogP contribution in [0.1, 0.15) is 30.5 Å². The van der Waals surface area contributed by atoms with Gasteiger partial charge in [-0.05, 0) is 49.7 Å². The van der Waals surface area contributed by atoms with Crippen LogP contribution in [0.25, 0.3) is 0 Å². The number of ether oxygens (including phenoxy) is 1. The first kappa shape index (κ1) is 26.6. The average Bonchev–Trinajstić information content (AvgIpc) is 3.11. The molecule has 1 aromatic heterocycles. The highest BCUT2D eigenvalue weighted by atomic mass is 32.2. The number of anilines is 2. The second-order valence-corrected chi connectivity index (χ2v) is 10.8. The minimum absolute atomic E-state index is 0.0447. The van der Waals surface area contributed by atoms with Gasteiger partial charge in [0, 0.05) is 49.1 Å². The zero-order chi connectivity index (χ0) is 27.1. The number of hydrogen-bond donors (Lipinski definition) is 0. The van der Waals surface area contributed by atoms with Gasteiger partial charge in [-0.1, -0.05) is 0 Å². The highest BCUT2D eigenvalue weighted by Crippen LogP contribution is 2.50. The fourth-order valence-electron chi connectivity index (χ4n) is 5.05. The number of pyridine rings is 1. The highest BCUT2D eigenvalue weighted by Gasteiger charge is 2.60. The summed E-state index contributed by atoms with van der Waals surface area (Å²) < 4.78 is 62.7. The lowest BCUT2D eigenvalue weighted by atomic mass is 9.75. The van der Waals surface area contributed by atoms with Crippen molar-refractivity contribution in [1.82, 2.24) is 9.88 Å². The van der Waals surface area contributed by atoms with Gasteiger partial charge in [-0.15, -0.1) is 0 Å². The molecule has 3 aliphatic rings. The standard InChI is InChI=1S/C25H23F4N5O2S2/c26-17-14-16(2-3-20(17)36-11-8-32-9-12-38-13-10-32)34-23(37)33(22(35)24(34)5-1-6-24)19-4-7-31-18(15-30)21(19)25(27,28)29/h2-4,7,14H,1,5-6,8-13H2. The normalized spacial score (nSPS) is 19.6. The van der Waals surface area contributed by atoms with Gasteiger partial charge in [-0.25, -0.2) is 9.37 Å². The van der Waals surface area contributed by atoms with Crippen LogP contribution in [0.15, 0.2) is 30.5 Å². The Balaban J connectivity index is 1.43. The zero-order valence-corrected chi connectivity index (χ0v) is 21.8. The van der Waals surface area contributed by atoms with E-state index in [4.69, 9.17) is 17.0 Å². The fraction of sp³-hybridized carbons (Fsp3) is 0.440. The molecule has 13 heteroatoms. The van der Waals surface area contributed by atoms with E-state index >= 15 is 4.39 Å². The van der Waals surface area contributed by atoms with Gasteiger partial charge in [0.25, 0.3) is 5.91 Å². The molecule has 3 fully saturated rings. The largest absolute Gasteiger partial charge is 0.489 e. The van der Waals surface area contributed by atoms with E-state index in [2.05, 4.69) is 9.88 Å². The molecule has 0 bridgehead atoms. The number of hydrogen-bond acceptors (Lipinski definition) is 7. The summed E-state index contributed by atoms with van der Waals surface area (Å²) >= 11 is 7.43. The summed E-state index contributed by atoms with van der Waals surface area (Å²) in [5, 5.41) is 9.03. The number of carbonyl (C=O) groups is 1. The molecule has 1 amide bonds. The molecule has 2 aromatic rings. The van der Waals surface area contributed by atoms with Gasteiger partial charge in [-0.3, -0.25) is 14.6 Å². The van der Waals surface area contributed by atoms with Crippen molar-refractivity contribution in [3.63, 3.8) is 0 Å². The second kappa shape index (κ2) is 10.3. The number of thioether (sulfide) groups is 1. The Labute approximate surface area is 226 Å². The van der Waals surface area contributed by atoms with Gasteiger partial charge in [0.2, 0.25) is 0 Å². The summed E-state index contributed by atoms with van der Waals surface area (Å²) in [7, 11) is 0. The lowest BCUT2D eigenvalue weighted by molar-refractivity contribution is -0.137. The zero-order valence-electron chi connectivity index (χ0n) is 20.1. The number of thiocarbonyl (C=S) groups is 1. The van der Waals surface area contributed by atoms with E-state index in [9.17, 15) is 23.2 Å². The number of halogens is 4. The molecule has 7 nitrogen and oxygen atoms in total. The topological polar surface area (TPSA) is 72.7 Å². The Morgan fingerprint density at radius 1 is 1.21 bits per heavy atom. The maximum atomic E-state index is 15.1. The van der Waals surface area contributed by atoms with Gasteiger partial charge >= 0.3 is 6.18 Å². The van der Waals surface area contributed by atoms with Crippen LogP contribution in [0.5, 0.6) is 5.75 Å². The molecule has 2 saturated heterocycles. The Kier molecular flexibility index (Phi) is 7.23. The van der Waals surface area contributed by atoms with Crippen molar-refractivity contribution < 1.29 is 27.1 Å². The number of nitriles is 1. The van der Waals surface area contributed by atoms with Crippen LogP contribution in [0.4, 0.5) is 28.9 Å². The smallest absolute Gasteiger partial charge is 0.421 e. The van der Waals surface area contributed by atoms with Crippen molar-refractivity contribution in [2.75, 3.05) is 47.5 Å². The predicted octanol–water partition coefficient (Wildman–Crippen LogP) is 4.60. The number of nitrogens with zero attached hydrogens (tertiary/aromatic N) is 5. The van der Waals surface area contributed by atoms with Gasteiger partial charge in [-0.2, -0.15) is 30.2 Å².